The number of rotatable bonds is 2. The summed E-state index contributed by atoms with van der Waals surface area (Å²) in [6.45, 7) is 0. The lowest BCUT2D eigenvalue weighted by Crippen LogP contribution is -2.35. The van der Waals surface area contributed by atoms with E-state index in [1.165, 1.54) is 11.1 Å². The predicted molar refractivity (Wildman–Crippen MR) is 43.2 cm³/mol. The molecule has 70 valence electrons. The zero-order valence-corrected chi connectivity index (χ0v) is 7.23. The predicted octanol–water partition coefficient (Wildman–Crippen LogP) is 1.27. The van der Waals surface area contributed by atoms with Gasteiger partial charge in [0.1, 0.15) is 5.54 Å². The van der Waals surface area contributed by atoms with Crippen LogP contribution in [0.15, 0.2) is 16.8 Å². The van der Waals surface area contributed by atoms with Crippen molar-refractivity contribution in [2.24, 2.45) is 0 Å². The van der Waals surface area contributed by atoms with Gasteiger partial charge in [-0.2, -0.15) is 0 Å². The van der Waals surface area contributed by atoms with E-state index in [0.29, 0.717) is 5.76 Å². The number of nitrogens with zero attached hydrogens (tertiary/aromatic N) is 2. The van der Waals surface area contributed by atoms with Crippen molar-refractivity contribution in [2.75, 3.05) is 7.05 Å². The number of carbonyl (C=O) groups is 1. The van der Waals surface area contributed by atoms with Crippen molar-refractivity contribution in [1.82, 2.24) is 10.1 Å². The molecule has 1 fully saturated rings. The van der Waals surface area contributed by atoms with E-state index in [0.717, 1.165) is 12.8 Å². The summed E-state index contributed by atoms with van der Waals surface area (Å²) < 4.78 is 4.98. The quantitative estimate of drug-likeness (QED) is 0.747. The van der Waals surface area contributed by atoms with E-state index >= 15 is 0 Å². The SMILES string of the molecule is CN(C(=O)O)C1(c2ccno2)CC1. The third-order valence-corrected chi connectivity index (χ3v) is 2.55. The van der Waals surface area contributed by atoms with Crippen LogP contribution in [0.4, 0.5) is 4.79 Å². The molecule has 0 aromatic carbocycles. The van der Waals surface area contributed by atoms with Crippen molar-refractivity contribution in [1.29, 1.82) is 0 Å². The number of aromatic nitrogens is 1. The van der Waals surface area contributed by atoms with Gasteiger partial charge in [-0.15, -0.1) is 0 Å². The largest absolute Gasteiger partial charge is 0.465 e. The Hall–Kier alpha value is -1.52. The number of amides is 1. The fraction of sp³-hybridized carbons (Fsp3) is 0.500. The van der Waals surface area contributed by atoms with E-state index in [9.17, 15) is 4.79 Å². The summed E-state index contributed by atoms with van der Waals surface area (Å²) in [5.41, 5.74) is -0.442. The maximum Gasteiger partial charge on any atom is 0.407 e. The van der Waals surface area contributed by atoms with Crippen LogP contribution < -0.4 is 0 Å². The zero-order valence-electron chi connectivity index (χ0n) is 7.23. The Balaban J connectivity index is 2.27. The van der Waals surface area contributed by atoms with Gasteiger partial charge in [0.15, 0.2) is 5.76 Å². The van der Waals surface area contributed by atoms with Gasteiger partial charge in [-0.3, -0.25) is 4.90 Å². The Labute approximate surface area is 74.9 Å². The van der Waals surface area contributed by atoms with E-state index in [2.05, 4.69) is 5.16 Å². The van der Waals surface area contributed by atoms with Gasteiger partial charge < -0.3 is 9.63 Å². The second-order valence-electron chi connectivity index (χ2n) is 3.25. The highest BCUT2D eigenvalue weighted by atomic mass is 16.5. The van der Waals surface area contributed by atoms with Crippen molar-refractivity contribution in [3.05, 3.63) is 18.0 Å². The van der Waals surface area contributed by atoms with E-state index < -0.39 is 11.6 Å². The molecule has 1 aliphatic carbocycles. The van der Waals surface area contributed by atoms with Gasteiger partial charge in [0, 0.05) is 13.1 Å². The summed E-state index contributed by atoms with van der Waals surface area (Å²) in [6.07, 6.45) is 2.22. The molecule has 0 radical (unpaired) electrons. The molecule has 0 atom stereocenters. The van der Waals surface area contributed by atoms with Gasteiger partial charge in [0.25, 0.3) is 0 Å². The molecule has 0 bridgehead atoms. The lowest BCUT2D eigenvalue weighted by atomic mass is 10.2. The maximum absolute atomic E-state index is 10.7. The molecular formula is C8H10N2O3. The van der Waals surface area contributed by atoms with Crippen LogP contribution in [0.5, 0.6) is 0 Å². The third kappa shape index (κ3) is 1.07. The number of carboxylic acid groups (broad SMARTS) is 1. The average Bonchev–Trinajstić information content (AvgIpc) is 2.72. The van der Waals surface area contributed by atoms with E-state index in [4.69, 9.17) is 9.63 Å². The van der Waals surface area contributed by atoms with Crippen molar-refractivity contribution in [2.45, 2.75) is 18.4 Å². The minimum Gasteiger partial charge on any atom is -0.465 e. The molecule has 1 aliphatic rings. The summed E-state index contributed by atoms with van der Waals surface area (Å²) >= 11 is 0. The minimum atomic E-state index is -0.936. The summed E-state index contributed by atoms with van der Waals surface area (Å²) in [7, 11) is 1.55. The molecule has 0 aliphatic heterocycles. The molecule has 1 aromatic heterocycles. The van der Waals surface area contributed by atoms with Gasteiger partial charge in [-0.25, -0.2) is 4.79 Å². The normalized spacial score (nSPS) is 18.2. The molecule has 1 aromatic rings. The maximum atomic E-state index is 10.7. The number of hydrogen-bond acceptors (Lipinski definition) is 3. The molecule has 1 saturated carbocycles. The molecule has 13 heavy (non-hydrogen) atoms. The lowest BCUT2D eigenvalue weighted by Gasteiger charge is -2.22. The Morgan fingerprint density at radius 1 is 1.77 bits per heavy atom. The highest BCUT2D eigenvalue weighted by Gasteiger charge is 2.53. The molecular weight excluding hydrogens is 172 g/mol. The monoisotopic (exact) mass is 182 g/mol. The summed E-state index contributed by atoms with van der Waals surface area (Å²) in [5.74, 6) is 0.636. The topological polar surface area (TPSA) is 66.6 Å². The minimum absolute atomic E-state index is 0.442. The molecule has 1 N–H and O–H groups in total. The molecule has 2 rings (SSSR count). The molecule has 1 heterocycles. The second kappa shape index (κ2) is 2.48. The van der Waals surface area contributed by atoms with Crippen LogP contribution in [-0.2, 0) is 5.54 Å². The van der Waals surface area contributed by atoms with Crippen molar-refractivity contribution < 1.29 is 14.4 Å². The van der Waals surface area contributed by atoms with Crippen LogP contribution >= 0.6 is 0 Å². The van der Waals surface area contributed by atoms with Crippen LogP contribution in [0, 0.1) is 0 Å². The van der Waals surface area contributed by atoms with Gasteiger partial charge in [-0.05, 0) is 12.8 Å². The Kier molecular flexibility index (Phi) is 1.55. The van der Waals surface area contributed by atoms with E-state index in [1.54, 1.807) is 13.1 Å². The molecule has 0 saturated heterocycles. The molecule has 5 nitrogen and oxygen atoms in total. The lowest BCUT2D eigenvalue weighted by molar-refractivity contribution is 0.121. The van der Waals surface area contributed by atoms with Gasteiger partial charge in [-0.1, -0.05) is 5.16 Å². The summed E-state index contributed by atoms with van der Waals surface area (Å²) in [4.78, 5) is 12.0. The number of hydrogen-bond donors (Lipinski definition) is 1. The third-order valence-electron chi connectivity index (χ3n) is 2.55. The van der Waals surface area contributed by atoms with Crippen molar-refractivity contribution in [3.8, 4) is 0 Å². The first kappa shape index (κ1) is 8.10. The van der Waals surface area contributed by atoms with E-state index in [-0.39, 0.29) is 0 Å². The highest BCUT2D eigenvalue weighted by Crippen LogP contribution is 2.50. The summed E-state index contributed by atoms with van der Waals surface area (Å²) in [5, 5.41) is 12.4. The van der Waals surface area contributed by atoms with Crippen LogP contribution in [0.25, 0.3) is 0 Å². The first-order valence-corrected chi connectivity index (χ1v) is 4.05. The average molecular weight is 182 g/mol. The van der Waals surface area contributed by atoms with E-state index in [1.807, 2.05) is 0 Å². The highest BCUT2D eigenvalue weighted by molar-refractivity contribution is 5.66. The summed E-state index contributed by atoms with van der Waals surface area (Å²) in [6, 6.07) is 1.71. The van der Waals surface area contributed by atoms with Crippen LogP contribution in [0.1, 0.15) is 18.6 Å². The van der Waals surface area contributed by atoms with Crippen LogP contribution in [0.2, 0.25) is 0 Å². The fourth-order valence-electron chi connectivity index (χ4n) is 1.50. The Morgan fingerprint density at radius 3 is 2.85 bits per heavy atom. The fourth-order valence-corrected chi connectivity index (χ4v) is 1.50. The molecule has 5 heteroatoms. The second-order valence-corrected chi connectivity index (χ2v) is 3.25. The molecule has 0 spiro atoms. The van der Waals surface area contributed by atoms with Gasteiger partial charge in [0.05, 0.1) is 6.20 Å². The first-order valence-electron chi connectivity index (χ1n) is 4.05. The Bertz CT molecular complexity index is 316. The zero-order chi connectivity index (χ0) is 9.47. The van der Waals surface area contributed by atoms with Crippen molar-refractivity contribution in [3.63, 3.8) is 0 Å². The Morgan fingerprint density at radius 2 is 2.46 bits per heavy atom. The standard InChI is InChI=1S/C8H10N2O3/c1-10(7(11)12)8(3-4-8)6-2-5-9-13-6/h2,5H,3-4H2,1H3,(H,11,12). The van der Waals surface area contributed by atoms with Crippen LogP contribution in [0.3, 0.4) is 0 Å². The molecule has 1 amide bonds. The van der Waals surface area contributed by atoms with Crippen molar-refractivity contribution >= 4 is 6.09 Å². The molecule has 0 unspecified atom stereocenters. The van der Waals surface area contributed by atoms with Gasteiger partial charge in [0.2, 0.25) is 0 Å². The first-order chi connectivity index (χ1) is 6.17. The van der Waals surface area contributed by atoms with Gasteiger partial charge >= 0.3 is 6.09 Å². The smallest absolute Gasteiger partial charge is 0.407 e. The van der Waals surface area contributed by atoms with Crippen LogP contribution in [-0.4, -0.2) is 28.3 Å².